The van der Waals surface area contributed by atoms with Crippen LogP contribution in [-0.2, 0) is 22.4 Å². The van der Waals surface area contributed by atoms with E-state index in [1.165, 1.54) is 63.4 Å². The van der Waals surface area contributed by atoms with Gasteiger partial charge in [-0.15, -0.1) is 11.3 Å². The number of carbonyl (C=O) groups is 1. The molecule has 0 amide bonds. The lowest BCUT2D eigenvalue weighted by molar-refractivity contribution is -0.144. The highest BCUT2D eigenvalue weighted by atomic mass is 32.1. The van der Waals surface area contributed by atoms with Crippen molar-refractivity contribution >= 4 is 27.4 Å². The van der Waals surface area contributed by atoms with Crippen LogP contribution in [0, 0.1) is 5.92 Å². The molecule has 0 aliphatic heterocycles. The molecule has 34 heavy (non-hydrogen) atoms. The summed E-state index contributed by atoms with van der Waals surface area (Å²) in [6, 6.07) is 15.7. The fourth-order valence-corrected chi connectivity index (χ4v) is 6.08. The third kappa shape index (κ3) is 5.55. The van der Waals surface area contributed by atoms with E-state index >= 15 is 0 Å². The van der Waals surface area contributed by atoms with Gasteiger partial charge in [0.1, 0.15) is 18.0 Å². The number of fused-ring (bicyclic) bond motifs is 1. The number of aryl methyl sites for hydroxylation is 2. The summed E-state index contributed by atoms with van der Waals surface area (Å²) < 4.78 is 13.1. The Balaban J connectivity index is 1.49. The minimum absolute atomic E-state index is 0.0476. The van der Waals surface area contributed by atoms with Gasteiger partial charge in [-0.1, -0.05) is 58.4 Å². The molecular weight excluding hydrogens is 440 g/mol. The van der Waals surface area contributed by atoms with Gasteiger partial charge < -0.3 is 9.47 Å². The van der Waals surface area contributed by atoms with Crippen LogP contribution in [0.5, 0.6) is 5.75 Å². The molecule has 180 valence electrons. The highest BCUT2D eigenvalue weighted by Crippen LogP contribution is 2.39. The van der Waals surface area contributed by atoms with Gasteiger partial charge in [0.05, 0.1) is 0 Å². The monoisotopic (exact) mass is 476 g/mol. The van der Waals surface area contributed by atoms with Gasteiger partial charge in [-0.05, 0) is 78.4 Å². The molecule has 1 aliphatic rings. The maximum Gasteiger partial charge on any atom is 0.330 e. The van der Waals surface area contributed by atoms with E-state index in [1.54, 1.807) is 0 Å². The Hall–Kier alpha value is -2.59. The first-order chi connectivity index (χ1) is 16.5. The van der Waals surface area contributed by atoms with Gasteiger partial charge in [-0.3, -0.25) is 0 Å². The molecule has 3 unspecified atom stereocenters. The summed E-state index contributed by atoms with van der Waals surface area (Å²) in [5.74, 6) is 0.683. The van der Waals surface area contributed by atoms with E-state index in [4.69, 9.17) is 9.47 Å². The number of thiophene rings is 1. The molecule has 1 aromatic heterocycles. The van der Waals surface area contributed by atoms with Crippen LogP contribution in [0.4, 0.5) is 0 Å². The number of rotatable bonds is 10. The summed E-state index contributed by atoms with van der Waals surface area (Å²) in [6.07, 6.45) is 8.91. The second-order valence-electron chi connectivity index (χ2n) is 9.38. The summed E-state index contributed by atoms with van der Waals surface area (Å²) in [5.41, 5.74) is 4.23. The first-order valence-electron chi connectivity index (χ1n) is 12.7. The maximum atomic E-state index is 11.6. The number of hydrogen-bond acceptors (Lipinski definition) is 4. The van der Waals surface area contributed by atoms with Crippen LogP contribution in [0.1, 0.15) is 64.0 Å². The predicted octanol–water partition coefficient (Wildman–Crippen LogP) is 8.14. The lowest BCUT2D eigenvalue weighted by Crippen LogP contribution is -2.27. The lowest BCUT2D eigenvalue weighted by atomic mass is 9.98. The average Bonchev–Trinajstić information content (AvgIpc) is 3.42. The average molecular weight is 477 g/mol. The quantitative estimate of drug-likeness (QED) is 0.168. The Labute approximate surface area is 207 Å². The van der Waals surface area contributed by atoms with Crippen LogP contribution in [0.3, 0.4) is 0 Å². The lowest BCUT2D eigenvalue weighted by Gasteiger charge is -2.21. The second-order valence-corrected chi connectivity index (χ2v) is 10.5. The van der Waals surface area contributed by atoms with Crippen LogP contribution in [0.25, 0.3) is 20.5 Å². The van der Waals surface area contributed by atoms with E-state index in [1.807, 2.05) is 11.3 Å². The zero-order chi connectivity index (χ0) is 24.1. The van der Waals surface area contributed by atoms with Gasteiger partial charge in [-0.25, -0.2) is 4.79 Å². The van der Waals surface area contributed by atoms with Crippen LogP contribution in [-0.4, -0.2) is 18.2 Å². The van der Waals surface area contributed by atoms with Crippen molar-refractivity contribution < 1.29 is 14.3 Å². The normalized spacial score (nSPS) is 19.9. The van der Waals surface area contributed by atoms with E-state index in [0.717, 1.165) is 25.0 Å². The maximum absolute atomic E-state index is 11.6. The Bertz CT molecular complexity index is 1150. The van der Waals surface area contributed by atoms with Gasteiger partial charge in [-0.2, -0.15) is 0 Å². The molecule has 3 nitrogen and oxygen atoms in total. The molecule has 4 heteroatoms. The zero-order valence-corrected chi connectivity index (χ0v) is 21.5. The molecule has 1 heterocycles. The fraction of sp³-hybridized carbons (Fsp3) is 0.433. The van der Waals surface area contributed by atoms with Gasteiger partial charge in [0.15, 0.2) is 0 Å². The Morgan fingerprint density at radius 1 is 1.09 bits per heavy atom. The van der Waals surface area contributed by atoms with Crippen LogP contribution < -0.4 is 4.74 Å². The molecule has 3 atom stereocenters. The standard InChI is InChI=1S/C30H36O3S/c1-5-8-9-10-21-11-14-25(22(6-2)17-21)29-18-23-12-13-24(19-28(23)34-29)32-26-15-16-27(20(26)4)33-30(31)7-3/h7,11-14,17-20,26-27H,3,5-6,8-10,15-16H2,1-2,4H3. The topological polar surface area (TPSA) is 35.5 Å². The van der Waals surface area contributed by atoms with Gasteiger partial charge in [0, 0.05) is 21.6 Å². The molecule has 2 aromatic carbocycles. The summed E-state index contributed by atoms with van der Waals surface area (Å²) in [4.78, 5) is 12.9. The summed E-state index contributed by atoms with van der Waals surface area (Å²) in [5, 5.41) is 1.25. The number of esters is 1. The number of benzene rings is 2. The smallest absolute Gasteiger partial charge is 0.330 e. The highest BCUT2D eigenvalue weighted by molar-refractivity contribution is 7.22. The van der Waals surface area contributed by atoms with Gasteiger partial charge >= 0.3 is 5.97 Å². The molecule has 1 aliphatic carbocycles. The van der Waals surface area contributed by atoms with Gasteiger partial charge in [0.25, 0.3) is 0 Å². The number of ether oxygens (including phenoxy) is 2. The van der Waals surface area contributed by atoms with Crippen molar-refractivity contribution in [2.75, 3.05) is 0 Å². The largest absolute Gasteiger partial charge is 0.490 e. The Morgan fingerprint density at radius 3 is 2.68 bits per heavy atom. The molecule has 0 spiro atoms. The Kier molecular flexibility index (Phi) is 8.10. The van der Waals surface area contributed by atoms with E-state index in [-0.39, 0.29) is 24.1 Å². The summed E-state index contributed by atoms with van der Waals surface area (Å²) in [7, 11) is 0. The van der Waals surface area contributed by atoms with Crippen molar-refractivity contribution in [2.24, 2.45) is 5.92 Å². The van der Waals surface area contributed by atoms with Crippen LogP contribution >= 0.6 is 11.3 Å². The van der Waals surface area contributed by atoms with Gasteiger partial charge in [0.2, 0.25) is 0 Å². The third-order valence-corrected chi connectivity index (χ3v) is 8.14. The fourth-order valence-electron chi connectivity index (χ4n) is 4.93. The SMILES string of the molecule is C=CC(=O)OC1CCC(Oc2ccc3cc(-c4ccc(CCCCC)cc4CC)sc3c2)C1C. The molecule has 1 fully saturated rings. The van der Waals surface area contributed by atoms with Crippen molar-refractivity contribution in [3.63, 3.8) is 0 Å². The molecule has 0 radical (unpaired) electrons. The Morgan fingerprint density at radius 2 is 1.91 bits per heavy atom. The van der Waals surface area contributed by atoms with Crippen molar-refractivity contribution in [1.82, 2.24) is 0 Å². The van der Waals surface area contributed by atoms with Crippen molar-refractivity contribution in [3.05, 3.63) is 66.2 Å². The molecule has 4 rings (SSSR count). The molecule has 0 N–H and O–H groups in total. The number of hydrogen-bond donors (Lipinski definition) is 0. The van der Waals surface area contributed by atoms with Crippen LogP contribution in [0.2, 0.25) is 0 Å². The first-order valence-corrected chi connectivity index (χ1v) is 13.5. The summed E-state index contributed by atoms with van der Waals surface area (Å²) in [6.45, 7) is 10.1. The minimum Gasteiger partial charge on any atom is -0.490 e. The molecule has 0 bridgehead atoms. The second kappa shape index (κ2) is 11.2. The number of carbonyl (C=O) groups excluding carboxylic acids is 1. The minimum atomic E-state index is -0.356. The van der Waals surface area contributed by atoms with Crippen molar-refractivity contribution in [2.45, 2.75) is 77.9 Å². The highest BCUT2D eigenvalue weighted by Gasteiger charge is 2.36. The van der Waals surface area contributed by atoms with E-state index in [0.29, 0.717) is 0 Å². The predicted molar refractivity (Wildman–Crippen MR) is 143 cm³/mol. The van der Waals surface area contributed by atoms with E-state index < -0.39 is 0 Å². The van der Waals surface area contributed by atoms with Crippen molar-refractivity contribution in [1.29, 1.82) is 0 Å². The van der Waals surface area contributed by atoms with E-state index in [2.05, 4.69) is 69.8 Å². The molecule has 3 aromatic rings. The van der Waals surface area contributed by atoms with E-state index in [9.17, 15) is 4.79 Å². The summed E-state index contributed by atoms with van der Waals surface area (Å²) >= 11 is 1.83. The van der Waals surface area contributed by atoms with Crippen molar-refractivity contribution in [3.8, 4) is 16.2 Å². The molecular formula is C30H36O3S. The van der Waals surface area contributed by atoms with Crippen LogP contribution in [0.15, 0.2) is 55.1 Å². The zero-order valence-electron chi connectivity index (χ0n) is 20.6. The third-order valence-electron chi connectivity index (χ3n) is 7.01. The first kappa shape index (κ1) is 24.5. The number of unbranched alkanes of at least 4 members (excludes halogenated alkanes) is 2. The molecule has 0 saturated heterocycles. The molecule has 1 saturated carbocycles.